The van der Waals surface area contributed by atoms with Crippen LogP contribution in [0.1, 0.15) is 51.8 Å². The maximum absolute atomic E-state index is 13.6. The summed E-state index contributed by atoms with van der Waals surface area (Å²) in [6.07, 6.45) is 0. The van der Waals surface area contributed by atoms with Gasteiger partial charge in [0.2, 0.25) is 0 Å². The standard InChI is InChI=1S/C24H26N2O4/c1-4-26-20-14-25(22(28)18-12-8-9-13-19(18)30-5-2)15-24(20,3)21(27)16-10-6-7-11-17(16)23(26)29/h6-13,20H,4-5,14-15H2,1-3H3/t20-,24+/m1/s1. The second kappa shape index (κ2) is 7.59. The van der Waals surface area contributed by atoms with Crippen LogP contribution >= 0.6 is 0 Å². The summed E-state index contributed by atoms with van der Waals surface area (Å²) in [5.41, 5.74) is 0.491. The van der Waals surface area contributed by atoms with Crippen LogP contribution in [0, 0.1) is 5.41 Å². The fraction of sp³-hybridized carbons (Fsp3) is 0.375. The van der Waals surface area contributed by atoms with E-state index in [-0.39, 0.29) is 30.2 Å². The first-order valence-corrected chi connectivity index (χ1v) is 10.4. The van der Waals surface area contributed by atoms with Crippen LogP contribution in [-0.2, 0) is 0 Å². The van der Waals surface area contributed by atoms with E-state index in [1.165, 1.54) is 0 Å². The third-order valence-corrected chi connectivity index (χ3v) is 6.25. The molecule has 30 heavy (non-hydrogen) atoms. The number of hydrogen-bond acceptors (Lipinski definition) is 4. The van der Waals surface area contributed by atoms with Crippen LogP contribution in [0.25, 0.3) is 0 Å². The van der Waals surface area contributed by atoms with Gasteiger partial charge in [0.05, 0.1) is 29.2 Å². The van der Waals surface area contributed by atoms with E-state index in [0.29, 0.717) is 42.1 Å². The van der Waals surface area contributed by atoms with Gasteiger partial charge in [-0.05, 0) is 39.0 Å². The summed E-state index contributed by atoms with van der Waals surface area (Å²) in [6, 6.07) is 13.7. The lowest BCUT2D eigenvalue weighted by atomic mass is 9.78. The first kappa shape index (κ1) is 20.1. The van der Waals surface area contributed by atoms with Gasteiger partial charge in [-0.2, -0.15) is 0 Å². The third kappa shape index (κ3) is 2.98. The number of Topliss-reactive ketones (excluding diaryl/α,β-unsaturated/α-hetero) is 1. The monoisotopic (exact) mass is 406 g/mol. The van der Waals surface area contributed by atoms with Crippen molar-refractivity contribution in [3.05, 3.63) is 65.2 Å². The van der Waals surface area contributed by atoms with Crippen molar-refractivity contribution in [3.63, 3.8) is 0 Å². The van der Waals surface area contributed by atoms with Crippen LogP contribution < -0.4 is 4.74 Å². The highest BCUT2D eigenvalue weighted by atomic mass is 16.5. The normalized spacial score (nSPS) is 23.1. The van der Waals surface area contributed by atoms with Crippen molar-refractivity contribution in [3.8, 4) is 5.75 Å². The summed E-state index contributed by atoms with van der Waals surface area (Å²) in [6.45, 7) is 7.15. The van der Waals surface area contributed by atoms with E-state index >= 15 is 0 Å². The summed E-state index contributed by atoms with van der Waals surface area (Å²) in [4.78, 5) is 43.6. The number of ether oxygens (including phenoxy) is 1. The van der Waals surface area contributed by atoms with Crippen LogP contribution in [0.5, 0.6) is 5.75 Å². The maximum Gasteiger partial charge on any atom is 0.257 e. The highest BCUT2D eigenvalue weighted by Gasteiger charge is 2.55. The number of benzene rings is 2. The predicted octanol–water partition coefficient (Wildman–Crippen LogP) is 3.27. The van der Waals surface area contributed by atoms with E-state index < -0.39 is 5.41 Å². The Labute approximate surface area is 176 Å². The molecule has 2 aromatic carbocycles. The van der Waals surface area contributed by atoms with Gasteiger partial charge in [-0.1, -0.05) is 30.3 Å². The Bertz CT molecular complexity index is 1020. The number of ketones is 1. The van der Waals surface area contributed by atoms with Crippen molar-refractivity contribution >= 4 is 17.6 Å². The van der Waals surface area contributed by atoms with Crippen LogP contribution in [-0.4, -0.2) is 59.7 Å². The summed E-state index contributed by atoms with van der Waals surface area (Å²) in [5, 5.41) is 0. The number of nitrogens with zero attached hydrogens (tertiary/aromatic N) is 2. The van der Waals surface area contributed by atoms with Crippen molar-refractivity contribution in [1.29, 1.82) is 0 Å². The predicted molar refractivity (Wildman–Crippen MR) is 113 cm³/mol. The summed E-state index contributed by atoms with van der Waals surface area (Å²) in [5.74, 6) is 0.111. The number of amides is 2. The molecule has 0 aromatic heterocycles. The smallest absolute Gasteiger partial charge is 0.257 e. The van der Waals surface area contributed by atoms with Crippen molar-refractivity contribution in [2.75, 3.05) is 26.2 Å². The second-order valence-electron chi connectivity index (χ2n) is 8.01. The number of para-hydroxylation sites is 1. The zero-order chi connectivity index (χ0) is 21.5. The fourth-order valence-corrected chi connectivity index (χ4v) is 4.73. The molecule has 0 spiro atoms. The average Bonchev–Trinajstić information content (AvgIpc) is 3.09. The molecule has 0 aliphatic carbocycles. The molecule has 0 N–H and O–H groups in total. The molecule has 2 aromatic rings. The number of rotatable bonds is 4. The Morgan fingerprint density at radius 1 is 1.07 bits per heavy atom. The Morgan fingerprint density at radius 3 is 2.43 bits per heavy atom. The molecule has 0 bridgehead atoms. The van der Waals surface area contributed by atoms with E-state index in [9.17, 15) is 14.4 Å². The van der Waals surface area contributed by atoms with Gasteiger partial charge in [0.15, 0.2) is 5.78 Å². The van der Waals surface area contributed by atoms with Gasteiger partial charge in [0.1, 0.15) is 5.75 Å². The van der Waals surface area contributed by atoms with Crippen molar-refractivity contribution in [2.24, 2.45) is 5.41 Å². The number of fused-ring (bicyclic) bond motifs is 2. The number of likely N-dealkylation sites (N-methyl/N-ethyl adjacent to an activating group) is 1. The van der Waals surface area contributed by atoms with E-state index in [1.54, 1.807) is 52.3 Å². The number of carbonyl (C=O) groups is 3. The Kier molecular flexibility index (Phi) is 5.10. The molecule has 2 heterocycles. The molecule has 0 saturated carbocycles. The summed E-state index contributed by atoms with van der Waals surface area (Å²) >= 11 is 0. The van der Waals surface area contributed by atoms with Crippen LogP contribution in [0.4, 0.5) is 0 Å². The summed E-state index contributed by atoms with van der Waals surface area (Å²) < 4.78 is 5.63. The molecule has 6 heteroatoms. The lowest BCUT2D eigenvalue weighted by Gasteiger charge is -2.34. The fourth-order valence-electron chi connectivity index (χ4n) is 4.73. The minimum absolute atomic E-state index is 0.0826. The van der Waals surface area contributed by atoms with Crippen molar-refractivity contribution in [1.82, 2.24) is 9.80 Å². The topological polar surface area (TPSA) is 66.9 Å². The molecule has 4 rings (SSSR count). The van der Waals surface area contributed by atoms with Gasteiger partial charge in [0, 0.05) is 25.2 Å². The zero-order valence-electron chi connectivity index (χ0n) is 17.6. The van der Waals surface area contributed by atoms with Gasteiger partial charge < -0.3 is 14.5 Å². The molecule has 2 aliphatic heterocycles. The maximum atomic E-state index is 13.6. The minimum atomic E-state index is -0.867. The van der Waals surface area contributed by atoms with Gasteiger partial charge in [-0.3, -0.25) is 14.4 Å². The van der Waals surface area contributed by atoms with Crippen LogP contribution in [0.3, 0.4) is 0 Å². The Hall–Kier alpha value is -3.15. The zero-order valence-corrected chi connectivity index (χ0v) is 17.6. The largest absolute Gasteiger partial charge is 0.493 e. The highest BCUT2D eigenvalue weighted by Crippen LogP contribution is 2.41. The lowest BCUT2D eigenvalue weighted by molar-refractivity contribution is 0.0559. The van der Waals surface area contributed by atoms with Gasteiger partial charge in [0.25, 0.3) is 11.8 Å². The molecule has 0 radical (unpaired) electrons. The number of hydrogen-bond donors (Lipinski definition) is 0. The molecule has 1 fully saturated rings. The first-order valence-electron chi connectivity index (χ1n) is 10.4. The number of likely N-dealkylation sites (tertiary alicyclic amines) is 1. The van der Waals surface area contributed by atoms with Crippen LogP contribution in [0.2, 0.25) is 0 Å². The second-order valence-corrected chi connectivity index (χ2v) is 8.01. The molecule has 156 valence electrons. The van der Waals surface area contributed by atoms with Crippen molar-refractivity contribution < 1.29 is 19.1 Å². The van der Waals surface area contributed by atoms with Gasteiger partial charge >= 0.3 is 0 Å². The minimum Gasteiger partial charge on any atom is -0.493 e. The van der Waals surface area contributed by atoms with E-state index in [2.05, 4.69) is 0 Å². The van der Waals surface area contributed by atoms with Gasteiger partial charge in [-0.25, -0.2) is 0 Å². The molecular formula is C24H26N2O4. The number of carbonyl (C=O) groups excluding carboxylic acids is 3. The highest BCUT2D eigenvalue weighted by molar-refractivity contribution is 6.13. The molecule has 2 amide bonds. The SMILES string of the molecule is CCOc1ccccc1C(=O)N1C[C@H]2N(CC)C(=O)c3ccccc3C(=O)[C@@]2(C)C1. The van der Waals surface area contributed by atoms with Crippen LogP contribution in [0.15, 0.2) is 48.5 Å². The Balaban J connectivity index is 1.74. The molecule has 2 aliphatic rings. The lowest BCUT2D eigenvalue weighted by Crippen LogP contribution is -2.49. The molecule has 6 nitrogen and oxygen atoms in total. The Morgan fingerprint density at radius 2 is 1.73 bits per heavy atom. The third-order valence-electron chi connectivity index (χ3n) is 6.25. The first-order chi connectivity index (χ1) is 14.4. The van der Waals surface area contributed by atoms with E-state index in [1.807, 2.05) is 26.8 Å². The molecule has 2 atom stereocenters. The van der Waals surface area contributed by atoms with Gasteiger partial charge in [-0.15, -0.1) is 0 Å². The van der Waals surface area contributed by atoms with E-state index in [4.69, 9.17) is 4.74 Å². The molecular weight excluding hydrogens is 380 g/mol. The molecule has 0 unspecified atom stereocenters. The molecule has 1 saturated heterocycles. The summed E-state index contributed by atoms with van der Waals surface area (Å²) in [7, 11) is 0. The average molecular weight is 406 g/mol. The quantitative estimate of drug-likeness (QED) is 0.782. The van der Waals surface area contributed by atoms with Crippen molar-refractivity contribution in [2.45, 2.75) is 26.8 Å². The van der Waals surface area contributed by atoms with E-state index in [0.717, 1.165) is 0 Å².